The molecule has 0 bridgehead atoms. The maximum atomic E-state index is 13.7. The summed E-state index contributed by atoms with van der Waals surface area (Å²) in [5.74, 6) is -0.463. The first kappa shape index (κ1) is 15.3. The molecule has 0 spiro atoms. The van der Waals surface area contributed by atoms with Crippen molar-refractivity contribution in [1.29, 1.82) is 0 Å². The lowest BCUT2D eigenvalue weighted by atomic mass is 10.2. The van der Waals surface area contributed by atoms with Gasteiger partial charge in [-0.05, 0) is 51.8 Å². The molecule has 6 heteroatoms. The van der Waals surface area contributed by atoms with Crippen LogP contribution in [-0.2, 0) is 11.3 Å². The lowest BCUT2D eigenvalue weighted by molar-refractivity contribution is -0.114. The summed E-state index contributed by atoms with van der Waals surface area (Å²) in [6.07, 6.45) is 0. The molecule has 0 saturated carbocycles. The third-order valence-corrected chi connectivity index (χ3v) is 3.42. The SMILES string of the molecule is CC(=O)Nc1ccc(F)c(NCc2ccc(O)c(Br)c2)c1. The number of aromatic hydroxyl groups is 1. The molecular formula is C15H14BrFN2O2. The van der Waals surface area contributed by atoms with Crippen LogP contribution in [0.15, 0.2) is 40.9 Å². The molecule has 0 aliphatic rings. The van der Waals surface area contributed by atoms with E-state index in [1.165, 1.54) is 25.1 Å². The van der Waals surface area contributed by atoms with E-state index < -0.39 is 5.82 Å². The van der Waals surface area contributed by atoms with Crippen LogP contribution in [0.5, 0.6) is 5.75 Å². The number of nitrogens with one attached hydrogen (secondary N) is 2. The number of anilines is 2. The first-order chi connectivity index (χ1) is 9.95. The van der Waals surface area contributed by atoms with Crippen molar-refractivity contribution in [3.8, 4) is 5.75 Å². The Kier molecular flexibility index (Phi) is 4.80. The van der Waals surface area contributed by atoms with Crippen LogP contribution >= 0.6 is 15.9 Å². The molecule has 21 heavy (non-hydrogen) atoms. The predicted molar refractivity (Wildman–Crippen MR) is 83.8 cm³/mol. The molecule has 0 atom stereocenters. The highest BCUT2D eigenvalue weighted by molar-refractivity contribution is 9.10. The normalized spacial score (nSPS) is 10.2. The molecule has 0 radical (unpaired) electrons. The molecule has 1 amide bonds. The van der Waals surface area contributed by atoms with Gasteiger partial charge in [-0.1, -0.05) is 6.07 Å². The average Bonchev–Trinajstić information content (AvgIpc) is 2.42. The summed E-state index contributed by atoms with van der Waals surface area (Å²) in [5.41, 5.74) is 1.70. The van der Waals surface area contributed by atoms with Crippen molar-refractivity contribution >= 4 is 33.2 Å². The maximum Gasteiger partial charge on any atom is 0.221 e. The molecule has 2 aromatic carbocycles. The number of phenolic OH excluding ortho intramolecular Hbond substituents is 1. The van der Waals surface area contributed by atoms with E-state index in [9.17, 15) is 14.3 Å². The van der Waals surface area contributed by atoms with Gasteiger partial charge in [-0.3, -0.25) is 4.79 Å². The zero-order chi connectivity index (χ0) is 15.4. The van der Waals surface area contributed by atoms with Gasteiger partial charge in [0.25, 0.3) is 0 Å². The fourth-order valence-corrected chi connectivity index (χ4v) is 2.23. The van der Waals surface area contributed by atoms with Crippen LogP contribution in [0.1, 0.15) is 12.5 Å². The summed E-state index contributed by atoms with van der Waals surface area (Å²) < 4.78 is 14.3. The first-order valence-electron chi connectivity index (χ1n) is 6.24. The van der Waals surface area contributed by atoms with Crippen LogP contribution in [0.4, 0.5) is 15.8 Å². The second-order valence-corrected chi connectivity index (χ2v) is 5.37. The number of carbonyl (C=O) groups excluding carboxylic acids is 1. The smallest absolute Gasteiger partial charge is 0.221 e. The number of halogens is 2. The predicted octanol–water partition coefficient (Wildman–Crippen LogP) is 3.86. The van der Waals surface area contributed by atoms with Crippen LogP contribution < -0.4 is 10.6 Å². The topological polar surface area (TPSA) is 61.4 Å². The number of carbonyl (C=O) groups is 1. The zero-order valence-corrected chi connectivity index (χ0v) is 12.9. The molecule has 0 fully saturated rings. The second kappa shape index (κ2) is 6.58. The number of phenols is 1. The van der Waals surface area contributed by atoms with E-state index in [0.717, 1.165) is 5.56 Å². The summed E-state index contributed by atoms with van der Waals surface area (Å²) in [6.45, 7) is 1.78. The van der Waals surface area contributed by atoms with E-state index in [1.807, 2.05) is 0 Å². The molecule has 0 heterocycles. The van der Waals surface area contributed by atoms with Crippen LogP contribution in [0, 0.1) is 5.82 Å². The average molecular weight is 353 g/mol. The molecule has 0 aromatic heterocycles. The Morgan fingerprint density at radius 1 is 1.29 bits per heavy atom. The van der Waals surface area contributed by atoms with Gasteiger partial charge in [0.15, 0.2) is 0 Å². The van der Waals surface area contributed by atoms with Crippen LogP contribution in [0.2, 0.25) is 0 Å². The van der Waals surface area contributed by atoms with Gasteiger partial charge in [0.2, 0.25) is 5.91 Å². The van der Waals surface area contributed by atoms with Crippen molar-refractivity contribution in [2.24, 2.45) is 0 Å². The minimum Gasteiger partial charge on any atom is -0.507 e. The lowest BCUT2D eigenvalue weighted by Gasteiger charge is -2.10. The van der Waals surface area contributed by atoms with E-state index in [4.69, 9.17) is 0 Å². The van der Waals surface area contributed by atoms with Gasteiger partial charge in [-0.25, -0.2) is 4.39 Å². The molecule has 2 aromatic rings. The Labute approximate surface area is 130 Å². The largest absolute Gasteiger partial charge is 0.507 e. The molecule has 4 nitrogen and oxygen atoms in total. The Balaban J connectivity index is 2.11. The summed E-state index contributed by atoms with van der Waals surface area (Å²) in [7, 11) is 0. The number of amides is 1. The second-order valence-electron chi connectivity index (χ2n) is 4.52. The van der Waals surface area contributed by atoms with Crippen molar-refractivity contribution in [3.63, 3.8) is 0 Å². The molecule has 110 valence electrons. The highest BCUT2D eigenvalue weighted by Crippen LogP contribution is 2.25. The first-order valence-corrected chi connectivity index (χ1v) is 7.03. The van der Waals surface area contributed by atoms with Crippen molar-refractivity contribution in [1.82, 2.24) is 0 Å². The molecule has 0 unspecified atom stereocenters. The van der Waals surface area contributed by atoms with Crippen LogP contribution in [0.3, 0.4) is 0 Å². The van der Waals surface area contributed by atoms with Crippen molar-refractivity contribution in [3.05, 3.63) is 52.3 Å². The van der Waals surface area contributed by atoms with Crippen molar-refractivity contribution in [2.75, 3.05) is 10.6 Å². The monoisotopic (exact) mass is 352 g/mol. The van der Waals surface area contributed by atoms with Gasteiger partial charge in [0, 0.05) is 19.2 Å². The third-order valence-electron chi connectivity index (χ3n) is 2.78. The maximum absolute atomic E-state index is 13.7. The van der Waals surface area contributed by atoms with Gasteiger partial charge in [0.05, 0.1) is 10.2 Å². The number of hydrogen-bond donors (Lipinski definition) is 3. The Hall–Kier alpha value is -2.08. The van der Waals surface area contributed by atoms with E-state index >= 15 is 0 Å². The van der Waals surface area contributed by atoms with Gasteiger partial charge in [-0.15, -0.1) is 0 Å². The zero-order valence-electron chi connectivity index (χ0n) is 11.3. The number of hydrogen-bond acceptors (Lipinski definition) is 3. The fourth-order valence-electron chi connectivity index (χ4n) is 1.80. The quantitative estimate of drug-likeness (QED) is 0.782. The van der Waals surface area contributed by atoms with Gasteiger partial charge in [-0.2, -0.15) is 0 Å². The highest BCUT2D eigenvalue weighted by Gasteiger charge is 2.05. The Morgan fingerprint density at radius 2 is 2.05 bits per heavy atom. The summed E-state index contributed by atoms with van der Waals surface area (Å²) in [4.78, 5) is 11.0. The van der Waals surface area contributed by atoms with Crippen LogP contribution in [-0.4, -0.2) is 11.0 Å². The summed E-state index contributed by atoms with van der Waals surface area (Å²) in [6, 6.07) is 9.37. The fraction of sp³-hybridized carbons (Fsp3) is 0.133. The van der Waals surface area contributed by atoms with Gasteiger partial charge < -0.3 is 15.7 Å². The van der Waals surface area contributed by atoms with Crippen LogP contribution in [0.25, 0.3) is 0 Å². The molecule has 0 aliphatic heterocycles. The third kappa shape index (κ3) is 4.19. The minimum atomic E-state index is -0.401. The number of rotatable bonds is 4. The van der Waals surface area contributed by atoms with Crippen molar-refractivity contribution in [2.45, 2.75) is 13.5 Å². The summed E-state index contributed by atoms with van der Waals surface area (Å²) >= 11 is 3.23. The molecule has 3 N–H and O–H groups in total. The minimum absolute atomic E-state index is 0.151. The van der Waals surface area contributed by atoms with E-state index in [1.54, 1.807) is 18.2 Å². The van der Waals surface area contributed by atoms with Crippen molar-refractivity contribution < 1.29 is 14.3 Å². The molecule has 0 saturated heterocycles. The number of benzene rings is 2. The molecule has 2 rings (SSSR count). The lowest BCUT2D eigenvalue weighted by Crippen LogP contribution is -2.07. The highest BCUT2D eigenvalue weighted by atomic mass is 79.9. The standard InChI is InChI=1S/C15H14BrFN2O2/c1-9(20)19-11-3-4-13(17)14(7-11)18-8-10-2-5-15(21)12(16)6-10/h2-7,18,21H,8H2,1H3,(H,19,20). The Bertz CT molecular complexity index is 677. The summed E-state index contributed by atoms with van der Waals surface area (Å²) in [5, 5.41) is 15.0. The van der Waals surface area contributed by atoms with E-state index in [-0.39, 0.29) is 11.7 Å². The molecule has 0 aliphatic carbocycles. The molecular weight excluding hydrogens is 339 g/mol. The van der Waals surface area contributed by atoms with Gasteiger partial charge >= 0.3 is 0 Å². The Morgan fingerprint density at radius 3 is 2.71 bits per heavy atom. The van der Waals surface area contributed by atoms with E-state index in [0.29, 0.717) is 22.4 Å². The van der Waals surface area contributed by atoms with E-state index in [2.05, 4.69) is 26.6 Å². The van der Waals surface area contributed by atoms with Gasteiger partial charge in [0.1, 0.15) is 11.6 Å².